The van der Waals surface area contributed by atoms with Crippen molar-refractivity contribution in [1.82, 2.24) is 20.3 Å². The first-order valence-electron chi connectivity index (χ1n) is 16.2. The lowest BCUT2D eigenvalue weighted by atomic mass is 9.91. The van der Waals surface area contributed by atoms with Gasteiger partial charge in [-0.25, -0.2) is 14.8 Å². The monoisotopic (exact) mass is 692 g/mol. The van der Waals surface area contributed by atoms with Gasteiger partial charge in [0.25, 0.3) is 0 Å². The molecule has 0 bridgehead atoms. The van der Waals surface area contributed by atoms with E-state index >= 15 is 0 Å². The van der Waals surface area contributed by atoms with Gasteiger partial charge in [-0.1, -0.05) is 6.92 Å². The highest BCUT2D eigenvalue weighted by Crippen LogP contribution is 2.42. The van der Waals surface area contributed by atoms with Gasteiger partial charge in [0, 0.05) is 30.7 Å². The molecule has 2 aliphatic heterocycles. The van der Waals surface area contributed by atoms with E-state index in [-0.39, 0.29) is 42.2 Å². The van der Waals surface area contributed by atoms with Crippen LogP contribution in [0.1, 0.15) is 92.4 Å². The van der Waals surface area contributed by atoms with E-state index in [1.54, 1.807) is 32.9 Å². The third-order valence-corrected chi connectivity index (χ3v) is 9.10. The lowest BCUT2D eigenvalue weighted by Crippen LogP contribution is -2.48. The van der Waals surface area contributed by atoms with Crippen LogP contribution in [0, 0.1) is 12.8 Å². The quantitative estimate of drug-likeness (QED) is 0.241. The van der Waals surface area contributed by atoms with Crippen molar-refractivity contribution in [3.8, 4) is 0 Å². The lowest BCUT2D eigenvalue weighted by molar-refractivity contribution is -0.143. The number of alkyl halides is 6. The summed E-state index contributed by atoms with van der Waals surface area (Å²) in [5.41, 5.74) is -1.26. The molecule has 264 valence electrons. The number of aryl methyl sites for hydroxylation is 1. The van der Waals surface area contributed by atoms with Crippen molar-refractivity contribution < 1.29 is 40.7 Å². The van der Waals surface area contributed by atoms with E-state index in [4.69, 9.17) is 4.74 Å². The minimum absolute atomic E-state index is 0.0453. The molecular weight excluding hydrogens is 654 g/mol. The van der Waals surface area contributed by atoms with Gasteiger partial charge >= 0.3 is 18.4 Å². The molecule has 2 aromatic heterocycles. The van der Waals surface area contributed by atoms with Crippen molar-refractivity contribution >= 4 is 23.3 Å². The first kappa shape index (κ1) is 36.0. The molecule has 3 aromatic rings. The molecule has 49 heavy (non-hydrogen) atoms. The average molecular weight is 693 g/mol. The number of carbonyl (C=O) groups excluding carboxylic acids is 2. The van der Waals surface area contributed by atoms with Crippen LogP contribution in [-0.2, 0) is 21.9 Å². The Labute approximate surface area is 280 Å². The van der Waals surface area contributed by atoms with Gasteiger partial charge < -0.3 is 9.64 Å². The van der Waals surface area contributed by atoms with Crippen LogP contribution >= 0.6 is 0 Å². The second-order valence-corrected chi connectivity index (χ2v) is 12.4. The second-order valence-electron chi connectivity index (χ2n) is 12.4. The fourth-order valence-electron chi connectivity index (χ4n) is 6.51. The van der Waals surface area contributed by atoms with E-state index in [2.05, 4.69) is 20.3 Å². The van der Waals surface area contributed by atoms with Gasteiger partial charge in [-0.05, 0) is 82.3 Å². The van der Waals surface area contributed by atoms with Crippen molar-refractivity contribution in [2.45, 2.75) is 83.9 Å². The Balaban J connectivity index is 1.60. The number of rotatable bonds is 8. The number of ether oxygens (including phenoxy) is 1. The molecule has 5 rings (SSSR count). The first-order chi connectivity index (χ1) is 23.1. The Bertz CT molecular complexity index is 1630. The molecule has 4 heterocycles. The van der Waals surface area contributed by atoms with Crippen LogP contribution in [0.3, 0.4) is 0 Å². The first-order valence-corrected chi connectivity index (χ1v) is 16.2. The average Bonchev–Trinajstić information content (AvgIpc) is 3.06. The lowest BCUT2D eigenvalue weighted by Gasteiger charge is -2.40. The van der Waals surface area contributed by atoms with Crippen molar-refractivity contribution in [1.29, 1.82) is 0 Å². The summed E-state index contributed by atoms with van der Waals surface area (Å²) in [6.07, 6.45) is -5.78. The Morgan fingerprint density at radius 1 is 0.980 bits per heavy atom. The summed E-state index contributed by atoms with van der Waals surface area (Å²) < 4.78 is 89.4. The summed E-state index contributed by atoms with van der Waals surface area (Å²) in [7, 11) is 0. The highest BCUT2D eigenvalue weighted by molar-refractivity contribution is 5.90. The van der Waals surface area contributed by atoms with Gasteiger partial charge in [-0.3, -0.25) is 20.0 Å². The number of hydrogen-bond donors (Lipinski definition) is 1. The topological polar surface area (TPSA) is 101 Å². The van der Waals surface area contributed by atoms with Crippen LogP contribution in [0.4, 0.5) is 42.5 Å². The zero-order valence-corrected chi connectivity index (χ0v) is 27.5. The van der Waals surface area contributed by atoms with E-state index in [9.17, 15) is 35.9 Å². The molecular formula is C34H38F6N6O3. The van der Waals surface area contributed by atoms with Crippen LogP contribution in [0.15, 0.2) is 42.7 Å². The Morgan fingerprint density at radius 3 is 2.12 bits per heavy atom. The van der Waals surface area contributed by atoms with Gasteiger partial charge in [0.1, 0.15) is 11.6 Å². The summed E-state index contributed by atoms with van der Waals surface area (Å²) in [5.74, 6) is 0.0186. The van der Waals surface area contributed by atoms with Crippen molar-refractivity contribution in [2.24, 2.45) is 5.92 Å². The standard InChI is InChI=1S/C34H38F6N6O3/c1-5-25-16-27(30-28(8-7-19(3)43-30)46(25)32(48)49-6-2)44-29(22-13-23(33(35,36)37)15-24(14-22)34(38,39)40)31-41-17-26(18-42-31)45-11-9-21(10-12-45)20(4)47/h7-8,13-15,17-18,21,25,27,29,44H,5-6,9-12,16H2,1-4H3/t25-,27+,29?/m1/s1. The smallest absolute Gasteiger partial charge is 0.416 e. The number of amides is 1. The van der Waals surface area contributed by atoms with Gasteiger partial charge in [0.15, 0.2) is 0 Å². The number of piperidine rings is 1. The maximum Gasteiger partial charge on any atom is 0.416 e. The number of Topliss-reactive ketones (excluding diaryl/α,β-unsaturated/α-hetero) is 1. The molecule has 1 saturated heterocycles. The van der Waals surface area contributed by atoms with Crippen molar-refractivity contribution in [2.75, 3.05) is 29.5 Å². The number of fused-ring (bicyclic) bond motifs is 1. The van der Waals surface area contributed by atoms with Crippen molar-refractivity contribution in [3.05, 3.63) is 76.6 Å². The summed E-state index contributed by atoms with van der Waals surface area (Å²) in [6.45, 7) is 8.09. The Kier molecular flexibility index (Phi) is 10.5. The molecule has 1 unspecified atom stereocenters. The number of benzene rings is 1. The fraction of sp³-hybridized carbons (Fsp3) is 0.500. The largest absolute Gasteiger partial charge is 0.449 e. The molecule has 15 heteroatoms. The fourth-order valence-corrected chi connectivity index (χ4v) is 6.51. The van der Waals surface area contributed by atoms with Crippen molar-refractivity contribution in [3.63, 3.8) is 0 Å². The molecule has 1 fully saturated rings. The number of nitrogens with zero attached hydrogens (tertiary/aromatic N) is 5. The molecule has 1 aromatic carbocycles. The molecule has 2 aliphatic rings. The number of hydrogen-bond acceptors (Lipinski definition) is 8. The van der Waals surface area contributed by atoms with Crippen LogP contribution in [0.25, 0.3) is 0 Å². The predicted molar refractivity (Wildman–Crippen MR) is 169 cm³/mol. The number of halogens is 6. The van der Waals surface area contributed by atoms with Gasteiger partial charge in [0.05, 0.1) is 59.3 Å². The van der Waals surface area contributed by atoms with Crippen LogP contribution in [0.5, 0.6) is 0 Å². The van der Waals surface area contributed by atoms with E-state index in [0.29, 0.717) is 67.2 Å². The molecule has 0 radical (unpaired) electrons. The summed E-state index contributed by atoms with van der Waals surface area (Å²) in [5, 5.41) is 3.25. The van der Waals surface area contributed by atoms with Gasteiger partial charge in [-0.2, -0.15) is 26.3 Å². The molecule has 0 aliphatic carbocycles. The second kappa shape index (κ2) is 14.3. The Hall–Kier alpha value is -4.27. The predicted octanol–water partition coefficient (Wildman–Crippen LogP) is 7.59. The maximum absolute atomic E-state index is 14.0. The van der Waals surface area contributed by atoms with Crippen LogP contribution in [0.2, 0.25) is 0 Å². The summed E-state index contributed by atoms with van der Waals surface area (Å²) in [4.78, 5) is 42.0. The Morgan fingerprint density at radius 2 is 1.59 bits per heavy atom. The van der Waals surface area contributed by atoms with Crippen LogP contribution in [-0.4, -0.2) is 52.6 Å². The molecule has 1 amide bonds. The third kappa shape index (κ3) is 7.97. The number of ketones is 1. The number of carbonyl (C=O) groups is 2. The minimum atomic E-state index is -5.07. The van der Waals surface area contributed by atoms with Crippen LogP contribution < -0.4 is 15.1 Å². The van der Waals surface area contributed by atoms with E-state index in [0.717, 1.165) is 0 Å². The summed E-state index contributed by atoms with van der Waals surface area (Å²) in [6, 6.07) is 2.34. The molecule has 9 nitrogen and oxygen atoms in total. The molecule has 0 spiro atoms. The third-order valence-electron chi connectivity index (χ3n) is 9.10. The highest BCUT2D eigenvalue weighted by atomic mass is 19.4. The SMILES string of the molecule is CCOC(=O)N1c2ccc(C)nc2[C@@H](NC(c2cc(C(F)(F)F)cc(C(F)(F)F)c2)c2ncc(N3CCC(C(C)=O)CC3)cn2)C[C@H]1CC. The van der Waals surface area contributed by atoms with E-state index < -0.39 is 47.7 Å². The molecule has 3 atom stereocenters. The number of nitrogens with one attached hydrogen (secondary N) is 1. The summed E-state index contributed by atoms with van der Waals surface area (Å²) >= 11 is 0. The number of pyridine rings is 1. The minimum Gasteiger partial charge on any atom is -0.449 e. The zero-order chi connectivity index (χ0) is 35.7. The maximum atomic E-state index is 14.0. The van der Waals surface area contributed by atoms with E-state index in [1.165, 1.54) is 17.3 Å². The van der Waals surface area contributed by atoms with Gasteiger partial charge in [0.2, 0.25) is 0 Å². The molecule has 1 N–H and O–H groups in total. The molecule has 0 saturated carbocycles. The number of anilines is 2. The zero-order valence-electron chi connectivity index (χ0n) is 27.5. The highest BCUT2D eigenvalue weighted by Gasteiger charge is 2.41. The van der Waals surface area contributed by atoms with E-state index in [1.807, 2.05) is 11.8 Å². The normalized spacial score (nSPS) is 19.4. The van der Waals surface area contributed by atoms with Gasteiger partial charge in [-0.15, -0.1) is 0 Å². The number of aromatic nitrogens is 3.